The van der Waals surface area contributed by atoms with E-state index >= 15 is 0 Å². The fraction of sp³-hybridized carbons (Fsp3) is 0.500. The van der Waals surface area contributed by atoms with Gasteiger partial charge in [0.15, 0.2) is 0 Å². The first-order valence-electron chi connectivity index (χ1n) is 9.55. The molecule has 0 atom stereocenters. The van der Waals surface area contributed by atoms with E-state index in [1.165, 1.54) is 0 Å². The number of hydrogen-bond acceptors (Lipinski definition) is 5. The third-order valence-corrected chi connectivity index (χ3v) is 5.40. The van der Waals surface area contributed by atoms with Gasteiger partial charge in [-0.05, 0) is 24.1 Å². The van der Waals surface area contributed by atoms with Gasteiger partial charge in [0.2, 0.25) is 0 Å². The number of aromatic amines is 1. The maximum absolute atomic E-state index is 12.7. The standard InChI is InChI=1S/C20H25N5O2/c21-13-16-2-1-3-17(12-16)14-24-5-4-18-19(15-24)22-25(20(18)26)7-6-23-8-10-27-11-9-23/h1-3,12,22H,4-11,14-15H2. The summed E-state index contributed by atoms with van der Waals surface area (Å²) in [5.74, 6) is 0. The van der Waals surface area contributed by atoms with E-state index in [0.29, 0.717) is 12.1 Å². The van der Waals surface area contributed by atoms with Crippen LogP contribution in [0.5, 0.6) is 0 Å². The lowest BCUT2D eigenvalue weighted by Gasteiger charge is -2.26. The monoisotopic (exact) mass is 367 g/mol. The largest absolute Gasteiger partial charge is 0.379 e. The lowest BCUT2D eigenvalue weighted by Crippen LogP contribution is -2.39. The van der Waals surface area contributed by atoms with Crippen LogP contribution in [-0.2, 0) is 30.8 Å². The maximum atomic E-state index is 12.7. The number of ether oxygens (including phenoxy) is 1. The predicted octanol–water partition coefficient (Wildman–Crippen LogP) is 0.939. The number of morpholine rings is 1. The molecule has 7 heteroatoms. The Kier molecular flexibility index (Phi) is 5.39. The second kappa shape index (κ2) is 8.09. The van der Waals surface area contributed by atoms with E-state index in [1.54, 1.807) is 4.68 Å². The SMILES string of the molecule is N#Cc1cccc(CN2CCc3c([nH]n(CCN4CCOCC4)c3=O)C2)c1. The smallest absolute Gasteiger partial charge is 0.270 e. The fourth-order valence-corrected chi connectivity index (χ4v) is 3.89. The van der Waals surface area contributed by atoms with Crippen molar-refractivity contribution in [1.82, 2.24) is 19.6 Å². The minimum atomic E-state index is 0.129. The Morgan fingerprint density at radius 2 is 2.00 bits per heavy atom. The first-order valence-corrected chi connectivity index (χ1v) is 9.55. The third kappa shape index (κ3) is 4.14. The van der Waals surface area contributed by atoms with Gasteiger partial charge in [-0.15, -0.1) is 0 Å². The van der Waals surface area contributed by atoms with Gasteiger partial charge < -0.3 is 4.74 Å². The van der Waals surface area contributed by atoms with Gasteiger partial charge in [0, 0.05) is 44.8 Å². The Morgan fingerprint density at radius 3 is 2.81 bits per heavy atom. The molecule has 4 rings (SSSR count). The zero-order valence-electron chi connectivity index (χ0n) is 15.5. The van der Waals surface area contributed by atoms with Gasteiger partial charge in [-0.25, -0.2) is 0 Å². The molecular formula is C20H25N5O2. The van der Waals surface area contributed by atoms with Gasteiger partial charge >= 0.3 is 0 Å². The summed E-state index contributed by atoms with van der Waals surface area (Å²) in [6, 6.07) is 9.92. The Hall–Kier alpha value is -2.40. The number of nitriles is 1. The number of nitrogens with one attached hydrogen (secondary N) is 1. The average molecular weight is 367 g/mol. The van der Waals surface area contributed by atoms with Gasteiger partial charge in [-0.3, -0.25) is 24.4 Å². The van der Waals surface area contributed by atoms with Crippen LogP contribution < -0.4 is 5.56 Å². The van der Waals surface area contributed by atoms with Gasteiger partial charge in [0.05, 0.1) is 37.1 Å². The average Bonchev–Trinajstić information content (AvgIpc) is 3.02. The summed E-state index contributed by atoms with van der Waals surface area (Å²) in [6.45, 7) is 7.37. The zero-order chi connectivity index (χ0) is 18.6. The number of H-pyrrole nitrogens is 1. The van der Waals surface area contributed by atoms with Crippen molar-refractivity contribution in [2.75, 3.05) is 39.4 Å². The van der Waals surface area contributed by atoms with E-state index in [9.17, 15) is 4.79 Å². The van der Waals surface area contributed by atoms with Crippen LogP contribution in [0.15, 0.2) is 29.1 Å². The van der Waals surface area contributed by atoms with Crippen LogP contribution >= 0.6 is 0 Å². The second-order valence-electron chi connectivity index (χ2n) is 7.25. The molecule has 2 aromatic rings. The van der Waals surface area contributed by atoms with Crippen LogP contribution in [-0.4, -0.2) is 59.0 Å². The number of fused-ring (bicyclic) bond motifs is 1. The van der Waals surface area contributed by atoms with Gasteiger partial charge in [0.25, 0.3) is 5.56 Å². The van der Waals surface area contributed by atoms with Crippen LogP contribution in [0.25, 0.3) is 0 Å². The van der Waals surface area contributed by atoms with E-state index in [-0.39, 0.29) is 5.56 Å². The van der Waals surface area contributed by atoms with Crippen LogP contribution in [0.4, 0.5) is 0 Å². The Morgan fingerprint density at radius 1 is 1.15 bits per heavy atom. The molecular weight excluding hydrogens is 342 g/mol. The summed E-state index contributed by atoms with van der Waals surface area (Å²) in [5, 5.41) is 12.4. The van der Waals surface area contributed by atoms with Crippen LogP contribution in [0.2, 0.25) is 0 Å². The van der Waals surface area contributed by atoms with E-state index < -0.39 is 0 Å². The van der Waals surface area contributed by atoms with Crippen LogP contribution in [0.1, 0.15) is 22.4 Å². The van der Waals surface area contributed by atoms with Crippen LogP contribution in [0, 0.1) is 11.3 Å². The number of hydrogen-bond donors (Lipinski definition) is 1. The number of nitrogens with zero attached hydrogens (tertiary/aromatic N) is 4. The summed E-state index contributed by atoms with van der Waals surface area (Å²) in [6.07, 6.45) is 0.771. The van der Waals surface area contributed by atoms with Gasteiger partial charge in [-0.1, -0.05) is 12.1 Å². The third-order valence-electron chi connectivity index (χ3n) is 5.40. The highest BCUT2D eigenvalue weighted by Gasteiger charge is 2.23. The molecule has 1 aromatic carbocycles. The molecule has 0 spiro atoms. The first kappa shape index (κ1) is 18.0. The summed E-state index contributed by atoms with van der Waals surface area (Å²) in [5.41, 5.74) is 3.91. The summed E-state index contributed by atoms with van der Waals surface area (Å²) >= 11 is 0. The molecule has 1 N–H and O–H groups in total. The molecule has 0 bridgehead atoms. The molecule has 0 radical (unpaired) electrons. The summed E-state index contributed by atoms with van der Waals surface area (Å²) in [7, 11) is 0. The second-order valence-corrected chi connectivity index (χ2v) is 7.25. The minimum absolute atomic E-state index is 0.129. The van der Waals surface area contributed by atoms with Crippen molar-refractivity contribution < 1.29 is 4.74 Å². The predicted molar refractivity (Wildman–Crippen MR) is 101 cm³/mol. The van der Waals surface area contributed by atoms with Crippen molar-refractivity contribution in [3.8, 4) is 6.07 Å². The van der Waals surface area contributed by atoms with E-state index in [0.717, 1.165) is 75.7 Å². The summed E-state index contributed by atoms with van der Waals surface area (Å²) < 4.78 is 7.14. The lowest BCUT2D eigenvalue weighted by atomic mass is 10.1. The highest BCUT2D eigenvalue weighted by Crippen LogP contribution is 2.17. The minimum Gasteiger partial charge on any atom is -0.379 e. The molecule has 2 aliphatic rings. The number of benzene rings is 1. The van der Waals surface area contributed by atoms with Crippen molar-refractivity contribution >= 4 is 0 Å². The van der Waals surface area contributed by atoms with Crippen molar-refractivity contribution in [1.29, 1.82) is 5.26 Å². The van der Waals surface area contributed by atoms with Crippen molar-refractivity contribution in [2.45, 2.75) is 26.1 Å². The molecule has 1 fully saturated rings. The quantitative estimate of drug-likeness (QED) is 0.851. The van der Waals surface area contributed by atoms with Crippen molar-refractivity contribution in [3.63, 3.8) is 0 Å². The summed E-state index contributed by atoms with van der Waals surface area (Å²) in [4.78, 5) is 17.3. The Labute approximate surface area is 158 Å². The first-order chi connectivity index (χ1) is 13.2. The highest BCUT2D eigenvalue weighted by molar-refractivity contribution is 5.33. The van der Waals surface area contributed by atoms with Gasteiger partial charge in [0.1, 0.15) is 0 Å². The maximum Gasteiger partial charge on any atom is 0.270 e. The zero-order valence-corrected chi connectivity index (χ0v) is 15.5. The normalized spacial score (nSPS) is 18.2. The molecule has 1 saturated heterocycles. The van der Waals surface area contributed by atoms with E-state index in [2.05, 4.69) is 21.0 Å². The van der Waals surface area contributed by atoms with E-state index in [1.807, 2.05) is 24.3 Å². The van der Waals surface area contributed by atoms with E-state index in [4.69, 9.17) is 10.00 Å². The Balaban J connectivity index is 1.40. The topological polar surface area (TPSA) is 77.3 Å². The van der Waals surface area contributed by atoms with Crippen molar-refractivity contribution in [2.24, 2.45) is 0 Å². The number of rotatable bonds is 5. The number of aromatic nitrogens is 2. The molecule has 2 aliphatic heterocycles. The molecule has 27 heavy (non-hydrogen) atoms. The molecule has 0 unspecified atom stereocenters. The molecule has 0 amide bonds. The molecule has 7 nitrogen and oxygen atoms in total. The molecule has 1 aromatic heterocycles. The molecule has 3 heterocycles. The lowest BCUT2D eigenvalue weighted by molar-refractivity contribution is 0.0358. The van der Waals surface area contributed by atoms with Crippen LogP contribution in [0.3, 0.4) is 0 Å². The molecule has 0 saturated carbocycles. The van der Waals surface area contributed by atoms with Gasteiger partial charge in [-0.2, -0.15) is 5.26 Å². The molecule has 142 valence electrons. The Bertz CT molecular complexity index is 889. The van der Waals surface area contributed by atoms with Crippen molar-refractivity contribution in [3.05, 3.63) is 57.0 Å². The molecule has 0 aliphatic carbocycles. The highest BCUT2D eigenvalue weighted by atomic mass is 16.5. The fourth-order valence-electron chi connectivity index (χ4n) is 3.89.